The lowest BCUT2D eigenvalue weighted by Gasteiger charge is -2.34. The van der Waals surface area contributed by atoms with Gasteiger partial charge in [0.25, 0.3) is 0 Å². The third-order valence-corrected chi connectivity index (χ3v) is 6.12. The van der Waals surface area contributed by atoms with Crippen molar-refractivity contribution in [3.05, 3.63) is 29.8 Å². The van der Waals surface area contributed by atoms with Gasteiger partial charge in [0, 0.05) is 38.4 Å². The summed E-state index contributed by atoms with van der Waals surface area (Å²) >= 11 is 0. The summed E-state index contributed by atoms with van der Waals surface area (Å²) in [6.45, 7) is 4.09. The average molecular weight is 309 g/mol. The highest BCUT2D eigenvalue weighted by Crippen LogP contribution is 2.30. The summed E-state index contributed by atoms with van der Waals surface area (Å²) in [5, 5.41) is 0. The number of nitrogens with two attached hydrogens (primary N) is 1. The fourth-order valence-electron chi connectivity index (χ4n) is 2.77. The Morgan fingerprint density at radius 3 is 2.24 bits per heavy atom. The minimum absolute atomic E-state index is 0.0654. The Hall–Kier alpha value is -1.11. The van der Waals surface area contributed by atoms with Gasteiger partial charge in [-0.1, -0.05) is 12.1 Å². The van der Waals surface area contributed by atoms with Crippen LogP contribution >= 0.6 is 0 Å². The Labute approximate surface area is 126 Å². The van der Waals surface area contributed by atoms with Crippen LogP contribution in [0.4, 0.5) is 5.69 Å². The number of benzene rings is 1. The number of piperazine rings is 1. The van der Waals surface area contributed by atoms with Gasteiger partial charge in [-0.15, -0.1) is 0 Å². The molecule has 1 aromatic rings. The second kappa shape index (κ2) is 5.94. The number of hydrogen-bond donors (Lipinski definition) is 1. The summed E-state index contributed by atoms with van der Waals surface area (Å²) in [5.41, 5.74) is 7.08. The largest absolute Gasteiger partial charge is 0.399 e. The van der Waals surface area contributed by atoms with Gasteiger partial charge in [0.15, 0.2) is 0 Å². The maximum Gasteiger partial charge on any atom is 0.218 e. The van der Waals surface area contributed by atoms with Gasteiger partial charge in [-0.25, -0.2) is 8.42 Å². The van der Waals surface area contributed by atoms with Crippen LogP contribution in [0.2, 0.25) is 0 Å². The molecular weight excluding hydrogens is 286 g/mol. The molecule has 1 saturated carbocycles. The van der Waals surface area contributed by atoms with Crippen LogP contribution in [0.25, 0.3) is 0 Å². The molecule has 0 atom stereocenters. The highest BCUT2D eigenvalue weighted by Gasteiger charge is 2.30. The number of rotatable bonds is 5. The first-order chi connectivity index (χ1) is 10.0. The van der Waals surface area contributed by atoms with Crippen LogP contribution in [0.3, 0.4) is 0 Å². The topological polar surface area (TPSA) is 66.6 Å². The van der Waals surface area contributed by atoms with Gasteiger partial charge < -0.3 is 10.6 Å². The average Bonchev–Trinajstić information content (AvgIpc) is 3.26. The molecule has 0 amide bonds. The van der Waals surface area contributed by atoms with Gasteiger partial charge in [-0.05, 0) is 36.5 Å². The van der Waals surface area contributed by atoms with Crippen molar-refractivity contribution in [2.24, 2.45) is 5.92 Å². The van der Waals surface area contributed by atoms with E-state index in [0.717, 1.165) is 31.1 Å². The Balaban J connectivity index is 1.56. The van der Waals surface area contributed by atoms with Crippen LogP contribution in [-0.2, 0) is 15.8 Å². The van der Waals surface area contributed by atoms with E-state index in [0.29, 0.717) is 18.8 Å². The van der Waals surface area contributed by atoms with E-state index in [-0.39, 0.29) is 5.75 Å². The number of sulfonamides is 1. The Morgan fingerprint density at radius 2 is 1.67 bits per heavy atom. The summed E-state index contributed by atoms with van der Waals surface area (Å²) in [5.74, 6) is 0.929. The smallest absolute Gasteiger partial charge is 0.218 e. The molecule has 21 heavy (non-hydrogen) atoms. The maximum atomic E-state index is 12.5. The molecule has 1 aliphatic heterocycles. The van der Waals surface area contributed by atoms with Crippen molar-refractivity contribution in [3.8, 4) is 0 Å². The molecule has 0 radical (unpaired) electrons. The van der Waals surface area contributed by atoms with E-state index >= 15 is 0 Å². The molecular formula is C15H23N3O2S. The third-order valence-electron chi connectivity index (χ3n) is 4.27. The van der Waals surface area contributed by atoms with Crippen LogP contribution in [0, 0.1) is 5.92 Å². The van der Waals surface area contributed by atoms with Gasteiger partial charge >= 0.3 is 0 Å². The van der Waals surface area contributed by atoms with E-state index in [1.165, 1.54) is 12.8 Å². The van der Waals surface area contributed by atoms with Crippen molar-refractivity contribution in [2.75, 3.05) is 38.5 Å². The first kappa shape index (κ1) is 14.8. The van der Waals surface area contributed by atoms with E-state index in [1.54, 1.807) is 28.6 Å². The molecule has 116 valence electrons. The molecule has 2 aliphatic rings. The molecule has 5 nitrogen and oxygen atoms in total. The minimum Gasteiger partial charge on any atom is -0.399 e. The first-order valence-corrected chi connectivity index (χ1v) is 9.18. The Morgan fingerprint density at radius 1 is 1.05 bits per heavy atom. The van der Waals surface area contributed by atoms with Crippen molar-refractivity contribution < 1.29 is 8.42 Å². The third kappa shape index (κ3) is 3.96. The van der Waals surface area contributed by atoms with Crippen molar-refractivity contribution in [2.45, 2.75) is 18.6 Å². The standard InChI is InChI=1S/C15H23N3O2S/c16-15-5-3-14(4-6-15)12-21(19,20)18-9-7-17(8-10-18)11-13-1-2-13/h3-6,13H,1-2,7-12,16H2. The SMILES string of the molecule is Nc1ccc(CS(=O)(=O)N2CCN(CC3CC3)CC2)cc1. The van der Waals surface area contributed by atoms with Crippen LogP contribution in [-0.4, -0.2) is 50.3 Å². The van der Waals surface area contributed by atoms with Crippen LogP contribution < -0.4 is 5.73 Å². The molecule has 0 unspecified atom stereocenters. The molecule has 2 fully saturated rings. The highest BCUT2D eigenvalue weighted by atomic mass is 32.2. The molecule has 1 aromatic carbocycles. The quantitative estimate of drug-likeness (QED) is 0.828. The van der Waals surface area contributed by atoms with Crippen LogP contribution in [0.15, 0.2) is 24.3 Å². The van der Waals surface area contributed by atoms with Gasteiger partial charge in [0.05, 0.1) is 5.75 Å². The molecule has 3 rings (SSSR count). The van der Waals surface area contributed by atoms with Crippen molar-refractivity contribution in [1.29, 1.82) is 0 Å². The van der Waals surface area contributed by atoms with E-state index in [9.17, 15) is 8.42 Å². The fraction of sp³-hybridized carbons (Fsp3) is 0.600. The lowest BCUT2D eigenvalue weighted by atomic mass is 10.2. The lowest BCUT2D eigenvalue weighted by molar-refractivity contribution is 0.182. The zero-order valence-electron chi connectivity index (χ0n) is 12.2. The number of hydrogen-bond acceptors (Lipinski definition) is 4. The van der Waals surface area contributed by atoms with Gasteiger partial charge in [-0.2, -0.15) is 4.31 Å². The summed E-state index contributed by atoms with van der Waals surface area (Å²) in [4.78, 5) is 2.40. The van der Waals surface area contributed by atoms with Crippen molar-refractivity contribution in [1.82, 2.24) is 9.21 Å². The number of nitrogen functional groups attached to an aromatic ring is 1. The minimum atomic E-state index is -3.22. The molecule has 0 aromatic heterocycles. The van der Waals surface area contributed by atoms with E-state index in [2.05, 4.69) is 4.90 Å². The van der Waals surface area contributed by atoms with Crippen LogP contribution in [0.1, 0.15) is 18.4 Å². The molecule has 6 heteroatoms. The van der Waals surface area contributed by atoms with Crippen LogP contribution in [0.5, 0.6) is 0 Å². The summed E-state index contributed by atoms with van der Waals surface area (Å²) in [6.07, 6.45) is 2.69. The normalized spacial score (nSPS) is 21.5. The van der Waals surface area contributed by atoms with Crippen molar-refractivity contribution >= 4 is 15.7 Å². The Bertz CT molecular complexity index is 573. The van der Waals surface area contributed by atoms with Gasteiger partial charge in [0.1, 0.15) is 0 Å². The fourth-order valence-corrected chi connectivity index (χ4v) is 4.29. The zero-order chi connectivity index (χ0) is 14.9. The second-order valence-electron chi connectivity index (χ2n) is 6.14. The maximum absolute atomic E-state index is 12.5. The summed E-state index contributed by atoms with van der Waals surface area (Å²) in [6, 6.07) is 7.07. The number of anilines is 1. The molecule has 1 aliphatic carbocycles. The molecule has 0 spiro atoms. The zero-order valence-corrected chi connectivity index (χ0v) is 13.1. The van der Waals surface area contributed by atoms with E-state index < -0.39 is 10.0 Å². The first-order valence-electron chi connectivity index (χ1n) is 7.57. The van der Waals surface area contributed by atoms with Gasteiger partial charge in [-0.3, -0.25) is 0 Å². The highest BCUT2D eigenvalue weighted by molar-refractivity contribution is 7.88. The monoisotopic (exact) mass is 309 g/mol. The summed E-state index contributed by atoms with van der Waals surface area (Å²) < 4.78 is 26.5. The van der Waals surface area contributed by atoms with Crippen molar-refractivity contribution in [3.63, 3.8) is 0 Å². The molecule has 0 bridgehead atoms. The Kier molecular flexibility index (Phi) is 4.19. The van der Waals surface area contributed by atoms with E-state index in [4.69, 9.17) is 5.73 Å². The van der Waals surface area contributed by atoms with Gasteiger partial charge in [0.2, 0.25) is 10.0 Å². The molecule has 2 N–H and O–H groups in total. The molecule has 1 heterocycles. The lowest BCUT2D eigenvalue weighted by Crippen LogP contribution is -2.49. The predicted octanol–water partition coefficient (Wildman–Crippen LogP) is 1.13. The second-order valence-corrected chi connectivity index (χ2v) is 8.11. The predicted molar refractivity (Wildman–Crippen MR) is 84.2 cm³/mol. The molecule has 1 saturated heterocycles. The number of nitrogens with zero attached hydrogens (tertiary/aromatic N) is 2. The summed E-state index contributed by atoms with van der Waals surface area (Å²) in [7, 11) is -3.22. The van der Waals surface area contributed by atoms with E-state index in [1.807, 2.05) is 0 Å².